The summed E-state index contributed by atoms with van der Waals surface area (Å²) in [7, 11) is 4.20. The highest BCUT2D eigenvalue weighted by atomic mass is 16.5. The van der Waals surface area contributed by atoms with Crippen LogP contribution in [0.3, 0.4) is 0 Å². The van der Waals surface area contributed by atoms with Crippen molar-refractivity contribution in [1.82, 2.24) is 20.2 Å². The van der Waals surface area contributed by atoms with Gasteiger partial charge in [-0.3, -0.25) is 4.79 Å². The number of pyridine rings is 1. The number of carbonyl (C=O) groups excluding carboxylic acids is 1. The number of nitrogens with one attached hydrogen (secondary N) is 2. The van der Waals surface area contributed by atoms with Gasteiger partial charge >= 0.3 is 0 Å². The molecule has 7 nitrogen and oxygen atoms in total. The van der Waals surface area contributed by atoms with Gasteiger partial charge in [-0.2, -0.15) is 0 Å². The number of aromatic nitrogens is 2. The van der Waals surface area contributed by atoms with Gasteiger partial charge in [0.1, 0.15) is 5.65 Å². The van der Waals surface area contributed by atoms with E-state index in [1.165, 1.54) is 11.1 Å². The minimum atomic E-state index is -0.778. The van der Waals surface area contributed by atoms with Gasteiger partial charge < -0.3 is 25.0 Å². The summed E-state index contributed by atoms with van der Waals surface area (Å²) in [5.74, 6) is 0.349. The number of aromatic amines is 1. The zero-order chi connectivity index (χ0) is 24.4. The number of benzene rings is 1. The molecule has 1 amide bonds. The van der Waals surface area contributed by atoms with Crippen molar-refractivity contribution in [2.24, 2.45) is 0 Å². The number of H-pyrrole nitrogens is 1. The second kappa shape index (κ2) is 10.1. The highest BCUT2D eigenvalue weighted by Crippen LogP contribution is 2.34. The first-order valence-corrected chi connectivity index (χ1v) is 12.8. The van der Waals surface area contributed by atoms with Crippen molar-refractivity contribution in [2.45, 2.75) is 56.6 Å². The molecule has 0 bridgehead atoms. The molecule has 1 saturated heterocycles. The Bertz CT molecular complexity index is 1190. The molecule has 0 radical (unpaired) electrons. The van der Waals surface area contributed by atoms with Gasteiger partial charge in [0, 0.05) is 49.6 Å². The molecule has 1 saturated carbocycles. The predicted molar refractivity (Wildman–Crippen MR) is 137 cm³/mol. The Morgan fingerprint density at radius 3 is 2.71 bits per heavy atom. The van der Waals surface area contributed by atoms with Gasteiger partial charge in [0.2, 0.25) is 0 Å². The Morgan fingerprint density at radius 1 is 1.20 bits per heavy atom. The lowest BCUT2D eigenvalue weighted by molar-refractivity contribution is 0.0450. The van der Waals surface area contributed by atoms with Crippen molar-refractivity contribution in [3.05, 3.63) is 53.3 Å². The number of nitrogens with zero attached hydrogens (tertiary/aromatic N) is 2. The number of fused-ring (bicyclic) bond motifs is 1. The SMILES string of the molecule is CN(C)Cc1cc(-c2cnc3[nH]cc(C(=O)NCC4(O)CCCC4)c3c2)ccc1C1CCOCC1. The molecular formula is C28H36N4O3. The minimum absolute atomic E-state index is 0.182. The highest BCUT2D eigenvalue weighted by Gasteiger charge is 2.31. The van der Waals surface area contributed by atoms with Gasteiger partial charge in [-0.15, -0.1) is 0 Å². The Balaban J connectivity index is 1.42. The van der Waals surface area contributed by atoms with E-state index in [1.54, 1.807) is 6.20 Å². The maximum atomic E-state index is 13.0. The van der Waals surface area contributed by atoms with Crippen molar-refractivity contribution < 1.29 is 14.6 Å². The summed E-state index contributed by atoms with van der Waals surface area (Å²) in [4.78, 5) is 22.9. The molecule has 0 unspecified atom stereocenters. The smallest absolute Gasteiger partial charge is 0.253 e. The first-order valence-electron chi connectivity index (χ1n) is 12.8. The molecule has 186 valence electrons. The fraction of sp³-hybridized carbons (Fsp3) is 0.500. The minimum Gasteiger partial charge on any atom is -0.388 e. The Labute approximate surface area is 206 Å². The van der Waals surface area contributed by atoms with Crippen LogP contribution in [-0.4, -0.2) is 65.3 Å². The molecule has 3 heterocycles. The molecule has 3 aromatic rings. The molecule has 2 fully saturated rings. The molecule has 1 aromatic carbocycles. The maximum absolute atomic E-state index is 13.0. The zero-order valence-electron chi connectivity index (χ0n) is 20.8. The monoisotopic (exact) mass is 476 g/mol. The van der Waals surface area contributed by atoms with Crippen LogP contribution in [0.5, 0.6) is 0 Å². The zero-order valence-corrected chi connectivity index (χ0v) is 20.8. The second-order valence-electron chi connectivity index (χ2n) is 10.5. The quantitative estimate of drug-likeness (QED) is 0.475. The van der Waals surface area contributed by atoms with Crippen LogP contribution in [0.15, 0.2) is 36.7 Å². The molecular weight excluding hydrogens is 440 g/mol. The van der Waals surface area contributed by atoms with Crippen LogP contribution in [0.2, 0.25) is 0 Å². The molecule has 1 aliphatic heterocycles. The summed E-state index contributed by atoms with van der Waals surface area (Å²) < 4.78 is 5.58. The predicted octanol–water partition coefficient (Wildman–Crippen LogP) is 4.22. The molecule has 0 spiro atoms. The van der Waals surface area contributed by atoms with Crippen LogP contribution in [0.25, 0.3) is 22.2 Å². The van der Waals surface area contributed by atoms with Crippen molar-refractivity contribution in [1.29, 1.82) is 0 Å². The van der Waals surface area contributed by atoms with E-state index in [0.29, 0.717) is 17.1 Å². The number of rotatable bonds is 7. The van der Waals surface area contributed by atoms with Gasteiger partial charge in [0.05, 0.1) is 11.2 Å². The Hall–Kier alpha value is -2.74. The molecule has 35 heavy (non-hydrogen) atoms. The van der Waals surface area contributed by atoms with Gasteiger partial charge in [-0.1, -0.05) is 25.0 Å². The summed E-state index contributed by atoms with van der Waals surface area (Å²) in [5, 5.41) is 14.3. The molecule has 2 aliphatic rings. The van der Waals surface area contributed by atoms with Gasteiger partial charge in [0.25, 0.3) is 5.91 Å². The summed E-state index contributed by atoms with van der Waals surface area (Å²) in [5.41, 5.74) is 5.29. The first-order chi connectivity index (χ1) is 16.9. The third-order valence-electron chi connectivity index (χ3n) is 7.51. The third-order valence-corrected chi connectivity index (χ3v) is 7.51. The summed E-state index contributed by atoms with van der Waals surface area (Å²) in [6, 6.07) is 8.76. The van der Waals surface area contributed by atoms with Crippen LogP contribution in [-0.2, 0) is 11.3 Å². The van der Waals surface area contributed by atoms with E-state index in [9.17, 15) is 9.90 Å². The standard InChI is InChI=1S/C28H36N4O3/c1-32(2)17-22-13-20(5-6-23(22)19-7-11-35-12-8-19)21-14-24-25(16-30-26(24)29-15-21)27(33)31-18-28(34)9-3-4-10-28/h5-6,13-16,19,34H,3-4,7-12,17-18H2,1-2H3,(H,29,30)(H,31,33). The van der Waals surface area contributed by atoms with Crippen LogP contribution in [0.4, 0.5) is 0 Å². The molecule has 5 rings (SSSR count). The molecule has 0 atom stereocenters. The fourth-order valence-corrected chi connectivity index (χ4v) is 5.57. The van der Waals surface area contributed by atoms with Gasteiger partial charge in [-0.25, -0.2) is 4.98 Å². The van der Waals surface area contributed by atoms with Gasteiger partial charge in [-0.05, 0) is 74.5 Å². The van der Waals surface area contributed by atoms with Crippen molar-refractivity contribution in [3.63, 3.8) is 0 Å². The largest absolute Gasteiger partial charge is 0.388 e. The number of carbonyl (C=O) groups is 1. The van der Waals surface area contributed by atoms with Gasteiger partial charge in [0.15, 0.2) is 0 Å². The lowest BCUT2D eigenvalue weighted by Crippen LogP contribution is -2.40. The van der Waals surface area contributed by atoms with Crippen molar-refractivity contribution in [2.75, 3.05) is 33.9 Å². The fourth-order valence-electron chi connectivity index (χ4n) is 5.57. The Kier molecular flexibility index (Phi) is 6.91. The van der Waals surface area contributed by atoms with E-state index in [1.807, 2.05) is 12.3 Å². The van der Waals surface area contributed by atoms with E-state index in [2.05, 4.69) is 52.5 Å². The van der Waals surface area contributed by atoms with Crippen molar-refractivity contribution in [3.8, 4) is 11.1 Å². The number of aliphatic hydroxyl groups is 1. The van der Waals surface area contributed by atoms with E-state index in [-0.39, 0.29) is 12.5 Å². The average Bonchev–Trinajstić information content (AvgIpc) is 3.49. The van der Waals surface area contributed by atoms with E-state index >= 15 is 0 Å². The number of ether oxygens (including phenoxy) is 1. The van der Waals surface area contributed by atoms with E-state index < -0.39 is 5.60 Å². The van der Waals surface area contributed by atoms with Crippen molar-refractivity contribution >= 4 is 16.9 Å². The average molecular weight is 477 g/mol. The van der Waals surface area contributed by atoms with Crippen LogP contribution in [0.1, 0.15) is 65.9 Å². The molecule has 7 heteroatoms. The van der Waals surface area contributed by atoms with E-state index in [4.69, 9.17) is 4.74 Å². The lowest BCUT2D eigenvalue weighted by atomic mass is 9.86. The highest BCUT2D eigenvalue weighted by molar-refractivity contribution is 6.06. The normalized spacial score (nSPS) is 18.4. The number of hydrogen-bond acceptors (Lipinski definition) is 5. The summed E-state index contributed by atoms with van der Waals surface area (Å²) in [6.07, 6.45) is 9.20. The summed E-state index contributed by atoms with van der Waals surface area (Å²) >= 11 is 0. The topological polar surface area (TPSA) is 90.5 Å². The first kappa shape index (κ1) is 24.0. The van der Waals surface area contributed by atoms with Crippen LogP contribution in [0, 0.1) is 0 Å². The lowest BCUT2D eigenvalue weighted by Gasteiger charge is -2.26. The van der Waals surface area contributed by atoms with Crippen LogP contribution >= 0.6 is 0 Å². The number of hydrogen-bond donors (Lipinski definition) is 3. The van der Waals surface area contributed by atoms with Crippen LogP contribution < -0.4 is 5.32 Å². The van der Waals surface area contributed by atoms with E-state index in [0.717, 1.165) is 74.8 Å². The molecule has 3 N–H and O–H groups in total. The molecule has 2 aromatic heterocycles. The third kappa shape index (κ3) is 5.27. The summed E-state index contributed by atoms with van der Waals surface area (Å²) in [6.45, 7) is 2.80. The molecule has 1 aliphatic carbocycles. The Morgan fingerprint density at radius 2 is 1.97 bits per heavy atom. The number of amides is 1. The maximum Gasteiger partial charge on any atom is 0.253 e. The second-order valence-corrected chi connectivity index (χ2v) is 10.5.